The zero-order valence-corrected chi connectivity index (χ0v) is 12.7. The lowest BCUT2D eigenvalue weighted by Gasteiger charge is -2.26. The zero-order valence-electron chi connectivity index (χ0n) is 11.9. The van der Waals surface area contributed by atoms with Gasteiger partial charge in [-0.15, -0.1) is 11.8 Å². The van der Waals surface area contributed by atoms with Crippen molar-refractivity contribution < 1.29 is 9.59 Å². The Kier molecular flexibility index (Phi) is 4.44. The third-order valence-corrected chi connectivity index (χ3v) is 4.46. The number of fused-ring (bicyclic) bond motifs is 1. The van der Waals surface area contributed by atoms with E-state index in [0.29, 0.717) is 5.75 Å². The van der Waals surface area contributed by atoms with Gasteiger partial charge in [0.25, 0.3) is 0 Å². The van der Waals surface area contributed by atoms with Crippen LogP contribution in [0, 0.1) is 0 Å². The van der Waals surface area contributed by atoms with Crippen molar-refractivity contribution in [1.29, 1.82) is 0 Å². The van der Waals surface area contributed by atoms with E-state index >= 15 is 0 Å². The number of amides is 2. The summed E-state index contributed by atoms with van der Waals surface area (Å²) >= 11 is 1.49. The Morgan fingerprint density at radius 1 is 1.14 bits per heavy atom. The second-order valence-electron chi connectivity index (χ2n) is 5.06. The number of anilines is 1. The maximum absolute atomic E-state index is 12.1. The van der Waals surface area contributed by atoms with E-state index in [4.69, 9.17) is 0 Å². The van der Waals surface area contributed by atoms with Crippen LogP contribution < -0.4 is 10.6 Å². The van der Waals surface area contributed by atoms with Crippen LogP contribution in [-0.4, -0.2) is 17.6 Å². The molecule has 2 aromatic rings. The third-order valence-electron chi connectivity index (χ3n) is 3.45. The lowest BCUT2D eigenvalue weighted by molar-refractivity contribution is -0.120. The van der Waals surface area contributed by atoms with Crippen molar-refractivity contribution in [1.82, 2.24) is 5.32 Å². The maximum atomic E-state index is 12.1. The summed E-state index contributed by atoms with van der Waals surface area (Å²) in [5.74, 6) is 0.202. The Morgan fingerprint density at radius 3 is 2.68 bits per heavy atom. The maximum Gasteiger partial charge on any atom is 0.230 e. The fourth-order valence-electron chi connectivity index (χ4n) is 2.44. The number of carbonyl (C=O) groups is 2. The molecule has 0 aromatic heterocycles. The highest BCUT2D eigenvalue weighted by Crippen LogP contribution is 2.30. The van der Waals surface area contributed by atoms with Crippen molar-refractivity contribution in [3.8, 4) is 0 Å². The summed E-state index contributed by atoms with van der Waals surface area (Å²) in [5.41, 5.74) is 1.74. The van der Waals surface area contributed by atoms with E-state index in [1.807, 2.05) is 54.6 Å². The van der Waals surface area contributed by atoms with Crippen LogP contribution in [0.5, 0.6) is 0 Å². The topological polar surface area (TPSA) is 58.2 Å². The summed E-state index contributed by atoms with van der Waals surface area (Å²) in [5, 5.41) is 5.78. The normalized spacial score (nSPS) is 16.5. The number of para-hydroxylation sites is 1. The lowest BCUT2D eigenvalue weighted by Crippen LogP contribution is -2.35. The number of nitrogens with one attached hydrogen (secondary N) is 2. The minimum Gasteiger partial charge on any atom is -0.348 e. The van der Waals surface area contributed by atoms with Gasteiger partial charge in [0, 0.05) is 10.6 Å². The molecule has 0 aliphatic carbocycles. The van der Waals surface area contributed by atoms with Gasteiger partial charge in [-0.05, 0) is 23.8 Å². The van der Waals surface area contributed by atoms with Crippen LogP contribution in [0.25, 0.3) is 0 Å². The number of hydrogen-bond acceptors (Lipinski definition) is 3. The first-order chi connectivity index (χ1) is 10.7. The Bertz CT molecular complexity index is 688. The average molecular weight is 312 g/mol. The molecule has 3 rings (SSSR count). The van der Waals surface area contributed by atoms with Crippen LogP contribution >= 0.6 is 11.8 Å². The molecule has 1 heterocycles. The second kappa shape index (κ2) is 6.66. The van der Waals surface area contributed by atoms with Gasteiger partial charge in [-0.3, -0.25) is 9.59 Å². The van der Waals surface area contributed by atoms with Crippen LogP contribution in [0.15, 0.2) is 59.5 Å². The molecule has 4 nitrogen and oxygen atoms in total. The van der Waals surface area contributed by atoms with Gasteiger partial charge in [-0.1, -0.05) is 36.4 Å². The minimum atomic E-state index is -0.256. The summed E-state index contributed by atoms with van der Waals surface area (Å²) in [6, 6.07) is 17.1. The quantitative estimate of drug-likeness (QED) is 0.853. The molecule has 1 aliphatic rings. The van der Waals surface area contributed by atoms with Crippen LogP contribution in [0.4, 0.5) is 5.69 Å². The highest BCUT2D eigenvalue weighted by Gasteiger charge is 2.25. The summed E-state index contributed by atoms with van der Waals surface area (Å²) in [4.78, 5) is 24.9. The predicted molar refractivity (Wildman–Crippen MR) is 87.7 cm³/mol. The van der Waals surface area contributed by atoms with Gasteiger partial charge >= 0.3 is 0 Å². The van der Waals surface area contributed by atoms with Gasteiger partial charge in [-0.2, -0.15) is 0 Å². The minimum absolute atomic E-state index is 0.0663. The molecule has 2 N–H and O–H groups in total. The van der Waals surface area contributed by atoms with E-state index in [9.17, 15) is 9.59 Å². The van der Waals surface area contributed by atoms with Gasteiger partial charge in [0.15, 0.2) is 0 Å². The molecule has 1 aliphatic heterocycles. The van der Waals surface area contributed by atoms with Crippen molar-refractivity contribution in [3.05, 3.63) is 60.2 Å². The molecule has 1 unspecified atom stereocenters. The molecule has 0 saturated carbocycles. The largest absolute Gasteiger partial charge is 0.348 e. The average Bonchev–Trinajstić information content (AvgIpc) is 2.54. The van der Waals surface area contributed by atoms with E-state index in [1.54, 1.807) is 0 Å². The predicted octanol–water partition coefficient (Wildman–Crippen LogP) is 2.98. The number of carbonyl (C=O) groups excluding carboxylic acids is 2. The molecule has 0 spiro atoms. The van der Waals surface area contributed by atoms with Crippen LogP contribution in [0.1, 0.15) is 18.0 Å². The number of hydrogen-bond donors (Lipinski definition) is 2. The molecule has 5 heteroatoms. The van der Waals surface area contributed by atoms with Crippen molar-refractivity contribution in [2.45, 2.75) is 17.4 Å². The second-order valence-corrected chi connectivity index (χ2v) is 6.11. The number of rotatable bonds is 4. The summed E-state index contributed by atoms with van der Waals surface area (Å²) in [7, 11) is 0. The Labute approximate surface area is 133 Å². The van der Waals surface area contributed by atoms with Crippen LogP contribution in [0.3, 0.4) is 0 Å². The first-order valence-corrected chi connectivity index (χ1v) is 8.07. The fourth-order valence-corrected chi connectivity index (χ4v) is 3.17. The highest BCUT2D eigenvalue weighted by atomic mass is 32.2. The van der Waals surface area contributed by atoms with Gasteiger partial charge in [0.05, 0.1) is 18.2 Å². The van der Waals surface area contributed by atoms with E-state index in [-0.39, 0.29) is 24.3 Å². The lowest BCUT2D eigenvalue weighted by atomic mass is 9.97. The highest BCUT2D eigenvalue weighted by molar-refractivity contribution is 8.00. The van der Waals surface area contributed by atoms with Crippen molar-refractivity contribution in [2.75, 3.05) is 11.1 Å². The SMILES string of the molecule is O=C1CC(NC(=O)CSc2ccccc2)c2ccccc2N1. The van der Waals surface area contributed by atoms with Crippen LogP contribution in [0.2, 0.25) is 0 Å². The third kappa shape index (κ3) is 3.49. The molecule has 0 bridgehead atoms. The van der Waals surface area contributed by atoms with Crippen molar-refractivity contribution in [2.24, 2.45) is 0 Å². The van der Waals surface area contributed by atoms with E-state index in [0.717, 1.165) is 16.1 Å². The molecule has 0 saturated heterocycles. The van der Waals surface area contributed by atoms with Crippen molar-refractivity contribution >= 4 is 29.3 Å². The molecule has 2 amide bonds. The molecule has 0 radical (unpaired) electrons. The molecule has 2 aromatic carbocycles. The van der Waals surface area contributed by atoms with Gasteiger partial charge in [-0.25, -0.2) is 0 Å². The summed E-state index contributed by atoms with van der Waals surface area (Å²) in [6.45, 7) is 0. The first-order valence-electron chi connectivity index (χ1n) is 7.08. The Balaban J connectivity index is 1.63. The number of benzene rings is 2. The monoisotopic (exact) mass is 312 g/mol. The molecular formula is C17H16N2O2S. The van der Waals surface area contributed by atoms with E-state index in [2.05, 4.69) is 10.6 Å². The van der Waals surface area contributed by atoms with Crippen LogP contribution in [-0.2, 0) is 9.59 Å². The molecule has 22 heavy (non-hydrogen) atoms. The van der Waals surface area contributed by atoms with E-state index in [1.165, 1.54) is 11.8 Å². The Hall–Kier alpha value is -2.27. The van der Waals surface area contributed by atoms with Crippen molar-refractivity contribution in [3.63, 3.8) is 0 Å². The molecular weight excluding hydrogens is 296 g/mol. The summed E-state index contributed by atoms with van der Waals surface area (Å²) < 4.78 is 0. The van der Waals surface area contributed by atoms with E-state index < -0.39 is 0 Å². The zero-order chi connectivity index (χ0) is 15.4. The van der Waals surface area contributed by atoms with Gasteiger partial charge in [0.2, 0.25) is 11.8 Å². The summed E-state index contributed by atoms with van der Waals surface area (Å²) in [6.07, 6.45) is 0.277. The molecule has 0 fully saturated rings. The standard InChI is InChI=1S/C17H16N2O2S/c20-16-10-15(13-8-4-5-9-14(13)18-16)19-17(21)11-22-12-6-2-1-3-7-12/h1-9,15H,10-11H2,(H,18,20)(H,19,21). The molecule has 1 atom stereocenters. The fraction of sp³-hybridized carbons (Fsp3) is 0.176. The smallest absolute Gasteiger partial charge is 0.230 e. The Morgan fingerprint density at radius 2 is 1.86 bits per heavy atom. The molecule has 112 valence electrons. The first kappa shape index (κ1) is 14.7. The van der Waals surface area contributed by atoms with Gasteiger partial charge < -0.3 is 10.6 Å². The number of thioether (sulfide) groups is 1. The van der Waals surface area contributed by atoms with Gasteiger partial charge in [0.1, 0.15) is 0 Å².